The smallest absolute Gasteiger partial charge is 0.313 e. The van der Waals surface area contributed by atoms with E-state index in [4.69, 9.17) is 4.74 Å². The first-order valence-electron chi connectivity index (χ1n) is 6.62. The van der Waals surface area contributed by atoms with Crippen molar-refractivity contribution >= 4 is 11.9 Å². The zero-order valence-corrected chi connectivity index (χ0v) is 10.5. The lowest BCUT2D eigenvalue weighted by Crippen LogP contribution is -2.51. The molecule has 3 fully saturated rings. The van der Waals surface area contributed by atoms with Crippen molar-refractivity contribution in [1.29, 1.82) is 0 Å². The van der Waals surface area contributed by atoms with Crippen molar-refractivity contribution in [2.75, 3.05) is 13.2 Å². The lowest BCUT2D eigenvalue weighted by atomic mass is 9.85. The van der Waals surface area contributed by atoms with Crippen molar-refractivity contribution in [2.45, 2.75) is 32.2 Å². The second kappa shape index (κ2) is 3.95. The van der Waals surface area contributed by atoms with Crippen LogP contribution in [-0.4, -0.2) is 36.2 Å². The SMILES string of the molecule is CC1(C(=O)O)COCC1NC(=O)C1CC2CC2C1. The normalized spacial score (nSPS) is 45.6. The zero-order valence-electron chi connectivity index (χ0n) is 10.5. The Labute approximate surface area is 106 Å². The number of carbonyl (C=O) groups is 2. The van der Waals surface area contributed by atoms with Gasteiger partial charge in [-0.1, -0.05) is 0 Å². The number of rotatable bonds is 3. The molecule has 100 valence electrons. The fraction of sp³-hybridized carbons (Fsp3) is 0.846. The molecule has 0 aromatic rings. The molecule has 1 amide bonds. The Morgan fingerprint density at radius 1 is 1.28 bits per heavy atom. The van der Waals surface area contributed by atoms with Crippen molar-refractivity contribution < 1.29 is 19.4 Å². The van der Waals surface area contributed by atoms with E-state index in [2.05, 4.69) is 5.32 Å². The van der Waals surface area contributed by atoms with Crippen LogP contribution in [0.25, 0.3) is 0 Å². The predicted octanol–water partition coefficient (Wildman–Crippen LogP) is 0.638. The maximum Gasteiger partial charge on any atom is 0.313 e. The summed E-state index contributed by atoms with van der Waals surface area (Å²) in [4.78, 5) is 23.4. The number of aliphatic carboxylic acids is 1. The van der Waals surface area contributed by atoms with Gasteiger partial charge in [-0.15, -0.1) is 0 Å². The molecule has 0 spiro atoms. The van der Waals surface area contributed by atoms with Crippen molar-refractivity contribution in [1.82, 2.24) is 5.32 Å². The predicted molar refractivity (Wildman–Crippen MR) is 62.8 cm³/mol. The van der Waals surface area contributed by atoms with Crippen molar-refractivity contribution in [3.63, 3.8) is 0 Å². The topological polar surface area (TPSA) is 75.6 Å². The van der Waals surface area contributed by atoms with Gasteiger partial charge in [-0.05, 0) is 38.0 Å². The molecule has 0 aromatic carbocycles. The van der Waals surface area contributed by atoms with Crippen LogP contribution in [0.15, 0.2) is 0 Å². The summed E-state index contributed by atoms with van der Waals surface area (Å²) in [6, 6.07) is -0.403. The summed E-state index contributed by atoms with van der Waals surface area (Å²) in [6.45, 7) is 2.11. The summed E-state index contributed by atoms with van der Waals surface area (Å²) in [5.41, 5.74) is -0.989. The Kier molecular flexibility index (Phi) is 2.62. The molecule has 2 N–H and O–H groups in total. The summed E-state index contributed by atoms with van der Waals surface area (Å²) < 4.78 is 5.23. The van der Waals surface area contributed by atoms with Crippen molar-refractivity contribution in [3.8, 4) is 0 Å². The van der Waals surface area contributed by atoms with Gasteiger partial charge in [0.1, 0.15) is 5.41 Å². The number of nitrogens with one attached hydrogen (secondary N) is 1. The van der Waals surface area contributed by atoms with E-state index in [9.17, 15) is 14.7 Å². The number of amides is 1. The van der Waals surface area contributed by atoms with Gasteiger partial charge in [0.15, 0.2) is 0 Å². The van der Waals surface area contributed by atoms with Gasteiger partial charge in [-0.2, -0.15) is 0 Å². The van der Waals surface area contributed by atoms with Gasteiger partial charge in [-0.25, -0.2) is 0 Å². The highest BCUT2D eigenvalue weighted by molar-refractivity contribution is 5.82. The average molecular weight is 253 g/mol. The van der Waals surface area contributed by atoms with Gasteiger partial charge < -0.3 is 15.2 Å². The highest BCUT2D eigenvalue weighted by Crippen LogP contribution is 2.54. The minimum atomic E-state index is -0.989. The molecule has 3 aliphatic rings. The van der Waals surface area contributed by atoms with E-state index in [-0.39, 0.29) is 18.4 Å². The molecule has 18 heavy (non-hydrogen) atoms. The minimum Gasteiger partial charge on any atom is -0.481 e. The van der Waals surface area contributed by atoms with E-state index in [1.807, 2.05) is 0 Å². The standard InChI is InChI=1S/C13H19NO4/c1-13(12(16)17)6-18-5-10(13)14-11(15)9-3-7-2-8(7)4-9/h7-10H,2-6H2,1H3,(H,14,15)(H,16,17). The third kappa shape index (κ3) is 1.81. The third-order valence-electron chi connectivity index (χ3n) is 4.87. The van der Waals surface area contributed by atoms with E-state index in [1.165, 1.54) is 6.42 Å². The van der Waals surface area contributed by atoms with Crippen LogP contribution in [0.4, 0.5) is 0 Å². The van der Waals surface area contributed by atoms with Gasteiger partial charge >= 0.3 is 5.97 Å². The molecule has 5 heteroatoms. The molecule has 0 radical (unpaired) electrons. The molecule has 1 heterocycles. The summed E-state index contributed by atoms with van der Waals surface area (Å²) in [7, 11) is 0. The van der Waals surface area contributed by atoms with Crippen LogP contribution < -0.4 is 5.32 Å². The van der Waals surface area contributed by atoms with Crippen LogP contribution in [0, 0.1) is 23.2 Å². The maximum atomic E-state index is 12.1. The van der Waals surface area contributed by atoms with Gasteiger partial charge in [0, 0.05) is 5.92 Å². The molecule has 0 aromatic heterocycles. The van der Waals surface area contributed by atoms with Crippen LogP contribution in [-0.2, 0) is 14.3 Å². The first-order valence-corrected chi connectivity index (χ1v) is 6.62. The van der Waals surface area contributed by atoms with Crippen molar-refractivity contribution in [2.24, 2.45) is 23.2 Å². The fourth-order valence-corrected chi connectivity index (χ4v) is 3.30. The maximum absolute atomic E-state index is 12.1. The van der Waals surface area contributed by atoms with E-state index >= 15 is 0 Å². The first-order chi connectivity index (χ1) is 8.50. The fourth-order valence-electron chi connectivity index (χ4n) is 3.30. The second-order valence-corrected chi connectivity index (χ2v) is 6.22. The molecular weight excluding hydrogens is 234 g/mol. The lowest BCUT2D eigenvalue weighted by molar-refractivity contribution is -0.149. The number of carbonyl (C=O) groups excluding carboxylic acids is 1. The monoisotopic (exact) mass is 253 g/mol. The van der Waals surface area contributed by atoms with Crippen LogP contribution in [0.2, 0.25) is 0 Å². The molecule has 1 aliphatic heterocycles. The summed E-state index contributed by atoms with van der Waals surface area (Å²) >= 11 is 0. The van der Waals surface area contributed by atoms with Gasteiger partial charge in [0.2, 0.25) is 5.91 Å². The van der Waals surface area contributed by atoms with Gasteiger partial charge in [-0.3, -0.25) is 9.59 Å². The number of carboxylic acid groups (broad SMARTS) is 1. The molecule has 5 nitrogen and oxygen atoms in total. The molecule has 1 saturated heterocycles. The number of fused-ring (bicyclic) bond motifs is 1. The molecule has 4 atom stereocenters. The number of carboxylic acids is 1. The highest BCUT2D eigenvalue weighted by atomic mass is 16.5. The summed E-state index contributed by atoms with van der Waals surface area (Å²) in [5, 5.41) is 12.1. The Hall–Kier alpha value is -1.10. The molecule has 2 saturated carbocycles. The van der Waals surface area contributed by atoms with Crippen LogP contribution >= 0.6 is 0 Å². The summed E-state index contributed by atoms with van der Waals surface area (Å²) in [6.07, 6.45) is 3.24. The van der Waals surface area contributed by atoms with E-state index in [1.54, 1.807) is 6.92 Å². The average Bonchev–Trinajstić information content (AvgIpc) is 2.75. The highest BCUT2D eigenvalue weighted by Gasteiger charge is 2.51. The van der Waals surface area contributed by atoms with Crippen LogP contribution in [0.5, 0.6) is 0 Å². The van der Waals surface area contributed by atoms with Gasteiger partial charge in [0.25, 0.3) is 0 Å². The minimum absolute atomic E-state index is 0.0187. The van der Waals surface area contributed by atoms with E-state index < -0.39 is 17.4 Å². The Morgan fingerprint density at radius 2 is 1.94 bits per heavy atom. The Balaban J connectivity index is 1.61. The summed E-state index contributed by atoms with van der Waals surface area (Å²) in [5.74, 6) is 0.718. The number of ether oxygens (including phenoxy) is 1. The lowest BCUT2D eigenvalue weighted by Gasteiger charge is -2.26. The van der Waals surface area contributed by atoms with Gasteiger partial charge in [0.05, 0.1) is 19.3 Å². The Bertz CT molecular complexity index is 386. The molecule has 4 unspecified atom stereocenters. The van der Waals surface area contributed by atoms with Crippen molar-refractivity contribution in [3.05, 3.63) is 0 Å². The van der Waals surface area contributed by atoms with Crippen LogP contribution in [0.1, 0.15) is 26.2 Å². The van der Waals surface area contributed by atoms with E-state index in [0.717, 1.165) is 24.7 Å². The Morgan fingerprint density at radius 3 is 2.56 bits per heavy atom. The first kappa shape index (κ1) is 12.0. The molecule has 3 rings (SSSR count). The number of hydrogen-bond acceptors (Lipinski definition) is 3. The quantitative estimate of drug-likeness (QED) is 0.774. The molecular formula is C13H19NO4. The van der Waals surface area contributed by atoms with Crippen LogP contribution in [0.3, 0.4) is 0 Å². The molecule has 0 bridgehead atoms. The molecule has 2 aliphatic carbocycles. The third-order valence-corrected chi connectivity index (χ3v) is 4.87. The second-order valence-electron chi connectivity index (χ2n) is 6.22. The number of hydrogen-bond donors (Lipinski definition) is 2. The zero-order chi connectivity index (χ0) is 12.9. The van der Waals surface area contributed by atoms with E-state index in [0.29, 0.717) is 6.61 Å². The largest absolute Gasteiger partial charge is 0.481 e.